The molecule has 2 nitrogen and oxygen atoms in total. The molecule has 0 atom stereocenters. The molecule has 0 aromatic carbocycles. The van der Waals surface area contributed by atoms with Gasteiger partial charge in [0, 0.05) is 24.1 Å². The van der Waals surface area contributed by atoms with Gasteiger partial charge in [-0.15, -0.1) is 0 Å². The van der Waals surface area contributed by atoms with Crippen molar-refractivity contribution in [2.75, 3.05) is 13.1 Å². The summed E-state index contributed by atoms with van der Waals surface area (Å²) in [5.41, 5.74) is 0. The Morgan fingerprint density at radius 2 is 2.00 bits per heavy atom. The van der Waals surface area contributed by atoms with Crippen LogP contribution in [0.15, 0.2) is 0 Å². The van der Waals surface area contributed by atoms with Gasteiger partial charge in [-0.1, -0.05) is 0 Å². The van der Waals surface area contributed by atoms with Gasteiger partial charge in [0.25, 0.3) is 5.24 Å². The van der Waals surface area contributed by atoms with Crippen LogP contribution in [0.3, 0.4) is 0 Å². The number of rotatable bonds is 2. The van der Waals surface area contributed by atoms with Crippen LogP contribution in [-0.2, 0) is 0 Å². The zero-order valence-electron chi connectivity index (χ0n) is 5.56. The number of halogens is 1. The molecule has 54 valence electrons. The van der Waals surface area contributed by atoms with Gasteiger partial charge >= 0.3 is 0 Å². The van der Waals surface area contributed by atoms with Crippen LogP contribution >= 0.6 is 21.7 Å². The predicted molar refractivity (Wildman–Crippen MR) is 41.8 cm³/mol. The lowest BCUT2D eigenvalue weighted by Gasteiger charge is -2.14. The number of carbonyl (C=O) groups is 1. The lowest BCUT2D eigenvalue weighted by molar-refractivity contribution is 0.228. The number of hydrogen-bond donors (Lipinski definition) is 0. The van der Waals surface area contributed by atoms with Gasteiger partial charge in [0.05, 0.1) is 0 Å². The Labute approximate surface area is 64.1 Å². The molecule has 9 heavy (non-hydrogen) atoms. The maximum absolute atomic E-state index is 10.7. The Kier molecular flexibility index (Phi) is 5.00. The average molecular weight is 168 g/mol. The number of amides is 1. The molecular weight excluding hydrogens is 158 g/mol. The second kappa shape index (κ2) is 4.94. The van der Waals surface area contributed by atoms with Crippen LogP contribution < -0.4 is 0 Å². The lowest BCUT2D eigenvalue weighted by Crippen LogP contribution is -2.25. The first-order chi connectivity index (χ1) is 4.26. The Balaban J connectivity index is 3.64. The van der Waals surface area contributed by atoms with E-state index in [1.54, 1.807) is 4.90 Å². The first-order valence-corrected chi connectivity index (χ1v) is 4.48. The highest BCUT2D eigenvalue weighted by molar-refractivity contribution is 8.32. The van der Waals surface area contributed by atoms with Crippen LogP contribution in [0.4, 0.5) is 4.79 Å². The fraction of sp³-hybridized carbons (Fsp3) is 0.800. The van der Waals surface area contributed by atoms with Crippen LogP contribution in [-0.4, -0.2) is 23.2 Å². The molecule has 4 heteroatoms. The van der Waals surface area contributed by atoms with Crippen LogP contribution in [0.2, 0.25) is 0 Å². The maximum atomic E-state index is 10.7. The molecule has 0 saturated heterocycles. The summed E-state index contributed by atoms with van der Waals surface area (Å²) in [6.45, 7) is 5.31. The van der Waals surface area contributed by atoms with Crippen molar-refractivity contribution in [2.45, 2.75) is 13.8 Å². The lowest BCUT2D eigenvalue weighted by atomic mass is 10.6. The summed E-state index contributed by atoms with van der Waals surface area (Å²) in [6, 6.07) is 0. The smallest absolute Gasteiger partial charge is 0.297 e. The molecule has 0 saturated carbocycles. The fourth-order valence-corrected chi connectivity index (χ4v) is 1.18. The first-order valence-electron chi connectivity index (χ1n) is 2.83. The molecule has 0 rings (SSSR count). The molecule has 0 fully saturated rings. The van der Waals surface area contributed by atoms with Crippen molar-refractivity contribution in [3.05, 3.63) is 0 Å². The van der Waals surface area contributed by atoms with E-state index in [9.17, 15) is 4.79 Å². The van der Waals surface area contributed by atoms with Gasteiger partial charge in [0.1, 0.15) is 0 Å². The summed E-state index contributed by atoms with van der Waals surface area (Å²) in [6.07, 6.45) is 0. The normalized spacial score (nSPS) is 9.22. The monoisotopic (exact) mass is 167 g/mol. The number of carbonyl (C=O) groups excluding carboxylic acids is 1. The molecule has 0 N–H and O–H groups in total. The van der Waals surface area contributed by atoms with Crippen molar-refractivity contribution >= 4 is 26.9 Å². The highest BCUT2D eigenvalue weighted by atomic mass is 35.7. The molecule has 0 heterocycles. The zero-order chi connectivity index (χ0) is 7.28. The minimum atomic E-state index is -0.0679. The third-order valence-electron chi connectivity index (χ3n) is 1.09. The molecule has 0 bridgehead atoms. The van der Waals surface area contributed by atoms with E-state index < -0.39 is 0 Å². The Morgan fingerprint density at radius 1 is 1.56 bits per heavy atom. The average Bonchev–Trinajstić information content (AvgIpc) is 1.90. The van der Waals surface area contributed by atoms with Crippen molar-refractivity contribution < 1.29 is 4.79 Å². The van der Waals surface area contributed by atoms with Crippen LogP contribution in [0, 0.1) is 0 Å². The van der Waals surface area contributed by atoms with Crippen molar-refractivity contribution in [3.63, 3.8) is 0 Å². The van der Waals surface area contributed by atoms with E-state index in [1.165, 1.54) is 0 Å². The van der Waals surface area contributed by atoms with E-state index in [2.05, 4.69) is 0 Å². The summed E-state index contributed by atoms with van der Waals surface area (Å²) in [4.78, 5) is 12.4. The SMILES string of the molecule is CCN(CC)C(=O)SCl. The topological polar surface area (TPSA) is 20.3 Å². The Bertz CT molecular complexity index is 95.0. The summed E-state index contributed by atoms with van der Waals surface area (Å²) in [5.74, 6) is 0. The van der Waals surface area contributed by atoms with Crippen molar-refractivity contribution in [1.82, 2.24) is 4.90 Å². The Hall–Kier alpha value is 0.110. The summed E-state index contributed by atoms with van der Waals surface area (Å²) >= 11 is 0. The van der Waals surface area contributed by atoms with Crippen LogP contribution in [0.5, 0.6) is 0 Å². The third-order valence-corrected chi connectivity index (χ3v) is 1.87. The summed E-state index contributed by atoms with van der Waals surface area (Å²) in [7, 11) is 5.97. The van der Waals surface area contributed by atoms with E-state index in [4.69, 9.17) is 10.7 Å². The van der Waals surface area contributed by atoms with Gasteiger partial charge in [-0.25, -0.2) is 0 Å². The highest BCUT2D eigenvalue weighted by Crippen LogP contribution is 2.11. The van der Waals surface area contributed by atoms with Gasteiger partial charge in [0.15, 0.2) is 0 Å². The van der Waals surface area contributed by atoms with Gasteiger partial charge < -0.3 is 4.90 Å². The molecule has 0 aliphatic carbocycles. The van der Waals surface area contributed by atoms with Crippen LogP contribution in [0.25, 0.3) is 0 Å². The van der Waals surface area contributed by atoms with Crippen molar-refractivity contribution in [1.29, 1.82) is 0 Å². The Morgan fingerprint density at radius 3 is 2.11 bits per heavy atom. The van der Waals surface area contributed by atoms with Gasteiger partial charge in [-0.05, 0) is 24.5 Å². The number of hydrogen-bond acceptors (Lipinski definition) is 2. The van der Waals surface area contributed by atoms with Crippen LogP contribution in [0.1, 0.15) is 13.8 Å². The highest BCUT2D eigenvalue weighted by Gasteiger charge is 2.06. The van der Waals surface area contributed by atoms with Gasteiger partial charge in [-0.2, -0.15) is 0 Å². The molecule has 0 aromatic heterocycles. The minimum absolute atomic E-state index is 0.0679. The minimum Gasteiger partial charge on any atom is -0.333 e. The second-order valence-electron chi connectivity index (χ2n) is 1.52. The standard InChI is InChI=1S/C5H10ClNOS/c1-3-7(4-2)5(8)9-6/h3-4H2,1-2H3. The fourth-order valence-electron chi connectivity index (χ4n) is 0.531. The number of nitrogens with zero attached hydrogens (tertiary/aromatic N) is 1. The molecule has 0 unspecified atom stereocenters. The summed E-state index contributed by atoms with van der Waals surface area (Å²) in [5, 5.41) is -0.0679. The van der Waals surface area contributed by atoms with E-state index in [-0.39, 0.29) is 5.24 Å². The largest absolute Gasteiger partial charge is 0.333 e. The van der Waals surface area contributed by atoms with Crippen molar-refractivity contribution in [2.24, 2.45) is 0 Å². The molecule has 0 aliphatic heterocycles. The maximum Gasteiger partial charge on any atom is 0.297 e. The molecular formula is C5H10ClNOS. The van der Waals surface area contributed by atoms with Gasteiger partial charge in [-0.3, -0.25) is 4.79 Å². The van der Waals surface area contributed by atoms with E-state index in [0.717, 1.165) is 24.1 Å². The summed E-state index contributed by atoms with van der Waals surface area (Å²) < 4.78 is 0. The molecule has 0 spiro atoms. The van der Waals surface area contributed by atoms with Gasteiger partial charge in [0.2, 0.25) is 0 Å². The van der Waals surface area contributed by atoms with E-state index in [1.807, 2.05) is 13.8 Å². The predicted octanol–water partition coefficient (Wildman–Crippen LogP) is 2.34. The first kappa shape index (κ1) is 9.11. The van der Waals surface area contributed by atoms with E-state index >= 15 is 0 Å². The van der Waals surface area contributed by atoms with E-state index in [0.29, 0.717) is 0 Å². The molecule has 0 aliphatic rings. The zero-order valence-corrected chi connectivity index (χ0v) is 7.13. The quantitative estimate of drug-likeness (QED) is 0.629. The second-order valence-corrected chi connectivity index (χ2v) is 2.48. The molecule has 1 amide bonds. The third kappa shape index (κ3) is 2.96. The van der Waals surface area contributed by atoms with Crippen molar-refractivity contribution in [3.8, 4) is 0 Å². The molecule has 0 aromatic rings. The molecule has 0 radical (unpaired) electrons.